The van der Waals surface area contributed by atoms with Gasteiger partial charge in [-0.15, -0.1) is 0 Å². The Balaban J connectivity index is 1.94. The molecule has 1 atom stereocenters. The summed E-state index contributed by atoms with van der Waals surface area (Å²) in [5.74, 6) is -1.80. The van der Waals surface area contributed by atoms with Crippen LogP contribution in [0.25, 0.3) is 0 Å². The number of halogens is 3. The third-order valence-corrected chi connectivity index (χ3v) is 3.03. The molecule has 9 nitrogen and oxygen atoms in total. The van der Waals surface area contributed by atoms with E-state index in [9.17, 15) is 22.8 Å². The summed E-state index contributed by atoms with van der Waals surface area (Å²) < 4.78 is 42.5. The highest BCUT2D eigenvalue weighted by atomic mass is 19.4. The quantitative estimate of drug-likeness (QED) is 0.773. The molecule has 0 spiro atoms. The average molecular weight is 361 g/mol. The van der Waals surface area contributed by atoms with E-state index < -0.39 is 37.4 Å². The molecular formula is C13H14F3N5O4. The van der Waals surface area contributed by atoms with Crippen molar-refractivity contribution in [1.82, 2.24) is 19.6 Å². The van der Waals surface area contributed by atoms with E-state index in [-0.39, 0.29) is 11.4 Å². The highest BCUT2D eigenvalue weighted by Gasteiger charge is 2.27. The Morgan fingerprint density at radius 1 is 1.40 bits per heavy atom. The number of nitrogens with zero attached hydrogens (tertiary/aromatic N) is 4. The third kappa shape index (κ3) is 5.04. The lowest BCUT2D eigenvalue weighted by Crippen LogP contribution is -2.26. The van der Waals surface area contributed by atoms with Gasteiger partial charge in [-0.1, -0.05) is 0 Å². The van der Waals surface area contributed by atoms with E-state index >= 15 is 0 Å². The summed E-state index contributed by atoms with van der Waals surface area (Å²) in [6, 6.07) is 0.327. The summed E-state index contributed by atoms with van der Waals surface area (Å²) in [6.07, 6.45) is -0.681. The van der Waals surface area contributed by atoms with Gasteiger partial charge in [0.05, 0.1) is 18.1 Å². The fraction of sp³-hybridized carbons (Fsp3) is 0.385. The number of rotatable bonds is 7. The number of anilines is 1. The minimum Gasteiger partial charge on any atom is -0.477 e. The molecule has 25 heavy (non-hydrogen) atoms. The van der Waals surface area contributed by atoms with Crippen LogP contribution < -0.4 is 5.32 Å². The normalized spacial score (nSPS) is 12.8. The Hall–Kier alpha value is -2.89. The molecule has 1 unspecified atom stereocenters. The number of aromatic nitrogens is 4. The minimum atomic E-state index is -4.44. The van der Waals surface area contributed by atoms with Crippen molar-refractivity contribution in [3.8, 4) is 0 Å². The molecule has 2 aromatic heterocycles. The maximum atomic E-state index is 12.2. The first kappa shape index (κ1) is 18.4. The first-order valence-electron chi connectivity index (χ1n) is 6.92. The number of carbonyl (C=O) groups is 2. The Labute approximate surface area is 139 Å². The molecule has 2 rings (SSSR count). The van der Waals surface area contributed by atoms with Gasteiger partial charge in [-0.25, -0.2) is 14.2 Å². The predicted octanol–water partition coefficient (Wildman–Crippen LogP) is 1.51. The number of carboxylic acid groups (broad SMARTS) is 1. The number of amides is 1. The number of aromatic carboxylic acids is 1. The number of ether oxygens (including phenoxy) is 1. The molecule has 2 N–H and O–H groups in total. The van der Waals surface area contributed by atoms with Gasteiger partial charge < -0.3 is 15.2 Å². The zero-order chi connectivity index (χ0) is 18.6. The number of carboxylic acids is 1. The van der Waals surface area contributed by atoms with Gasteiger partial charge in [-0.2, -0.15) is 23.4 Å². The maximum Gasteiger partial charge on any atom is 0.411 e. The van der Waals surface area contributed by atoms with Gasteiger partial charge in [0.15, 0.2) is 0 Å². The molecule has 0 aliphatic heterocycles. The molecule has 136 valence electrons. The van der Waals surface area contributed by atoms with Gasteiger partial charge in [-0.3, -0.25) is 4.79 Å². The molecule has 0 radical (unpaired) electrons. The van der Waals surface area contributed by atoms with E-state index in [2.05, 4.69) is 20.3 Å². The van der Waals surface area contributed by atoms with Crippen molar-refractivity contribution in [3.05, 3.63) is 30.4 Å². The van der Waals surface area contributed by atoms with Crippen LogP contribution in [0.4, 0.5) is 18.9 Å². The average Bonchev–Trinajstić information content (AvgIpc) is 3.14. The SMILES string of the molecule is CC(C(=O)Nc1cnn(COCC(F)(F)F)c1)n1nccc1C(=O)O. The minimum absolute atomic E-state index is 0.154. The molecule has 0 aromatic carbocycles. The molecular weight excluding hydrogens is 347 g/mol. The predicted molar refractivity (Wildman–Crippen MR) is 76.8 cm³/mol. The largest absolute Gasteiger partial charge is 0.477 e. The number of hydrogen-bond acceptors (Lipinski definition) is 5. The first-order chi connectivity index (χ1) is 11.7. The van der Waals surface area contributed by atoms with E-state index in [1.807, 2.05) is 0 Å². The molecule has 0 saturated heterocycles. The lowest BCUT2D eigenvalue weighted by Gasteiger charge is -2.13. The van der Waals surface area contributed by atoms with Gasteiger partial charge in [0.2, 0.25) is 5.91 Å². The lowest BCUT2D eigenvalue weighted by molar-refractivity contribution is -0.182. The van der Waals surface area contributed by atoms with Gasteiger partial charge >= 0.3 is 12.1 Å². The number of hydrogen-bond donors (Lipinski definition) is 2. The summed E-state index contributed by atoms with van der Waals surface area (Å²) in [4.78, 5) is 23.2. The third-order valence-electron chi connectivity index (χ3n) is 3.03. The molecule has 12 heteroatoms. The topological polar surface area (TPSA) is 111 Å². The molecule has 2 heterocycles. The van der Waals surface area contributed by atoms with Gasteiger partial charge in [0, 0.05) is 6.20 Å². The number of carbonyl (C=O) groups excluding carboxylic acids is 1. The van der Waals surface area contributed by atoms with Gasteiger partial charge in [0.1, 0.15) is 25.1 Å². The van der Waals surface area contributed by atoms with Crippen LogP contribution in [-0.2, 0) is 16.3 Å². The zero-order valence-corrected chi connectivity index (χ0v) is 12.9. The summed E-state index contributed by atoms with van der Waals surface area (Å²) in [5, 5.41) is 19.0. The second-order valence-corrected chi connectivity index (χ2v) is 4.99. The van der Waals surface area contributed by atoms with Crippen molar-refractivity contribution < 1.29 is 32.6 Å². The smallest absolute Gasteiger partial charge is 0.411 e. The van der Waals surface area contributed by atoms with E-state index in [1.165, 1.54) is 31.6 Å². The van der Waals surface area contributed by atoms with Crippen LogP contribution in [0.2, 0.25) is 0 Å². The Morgan fingerprint density at radius 3 is 2.76 bits per heavy atom. The molecule has 2 aromatic rings. The monoisotopic (exact) mass is 361 g/mol. The molecule has 1 amide bonds. The fourth-order valence-corrected chi connectivity index (χ4v) is 1.90. The van der Waals surface area contributed by atoms with Crippen molar-refractivity contribution in [2.24, 2.45) is 0 Å². The van der Waals surface area contributed by atoms with Crippen molar-refractivity contribution >= 4 is 17.6 Å². The van der Waals surface area contributed by atoms with E-state index in [0.717, 1.165) is 9.36 Å². The molecule has 0 aliphatic rings. The molecule has 0 bridgehead atoms. The Kier molecular flexibility index (Phi) is 5.41. The number of alkyl halides is 3. The summed E-state index contributed by atoms with van der Waals surface area (Å²) >= 11 is 0. The highest BCUT2D eigenvalue weighted by Crippen LogP contribution is 2.16. The van der Waals surface area contributed by atoms with E-state index in [0.29, 0.717) is 0 Å². The van der Waals surface area contributed by atoms with Crippen LogP contribution in [-0.4, -0.2) is 49.3 Å². The van der Waals surface area contributed by atoms with Crippen molar-refractivity contribution in [1.29, 1.82) is 0 Å². The molecule has 0 aliphatic carbocycles. The highest BCUT2D eigenvalue weighted by molar-refractivity contribution is 5.94. The fourth-order valence-electron chi connectivity index (χ4n) is 1.90. The van der Waals surface area contributed by atoms with Crippen LogP contribution in [0.15, 0.2) is 24.7 Å². The van der Waals surface area contributed by atoms with Crippen LogP contribution in [0, 0.1) is 0 Å². The van der Waals surface area contributed by atoms with E-state index in [1.54, 1.807) is 0 Å². The van der Waals surface area contributed by atoms with Crippen LogP contribution in [0.1, 0.15) is 23.5 Å². The van der Waals surface area contributed by atoms with Crippen LogP contribution >= 0.6 is 0 Å². The lowest BCUT2D eigenvalue weighted by atomic mass is 10.3. The van der Waals surface area contributed by atoms with Crippen LogP contribution in [0.3, 0.4) is 0 Å². The van der Waals surface area contributed by atoms with Crippen LogP contribution in [0.5, 0.6) is 0 Å². The molecule has 0 fully saturated rings. The maximum absolute atomic E-state index is 12.2. The van der Waals surface area contributed by atoms with Crippen molar-refractivity contribution in [2.75, 3.05) is 11.9 Å². The van der Waals surface area contributed by atoms with Crippen molar-refractivity contribution in [2.45, 2.75) is 25.9 Å². The van der Waals surface area contributed by atoms with E-state index in [4.69, 9.17) is 5.11 Å². The second-order valence-electron chi connectivity index (χ2n) is 4.99. The van der Waals surface area contributed by atoms with Gasteiger partial charge in [0.25, 0.3) is 0 Å². The van der Waals surface area contributed by atoms with Gasteiger partial charge in [-0.05, 0) is 13.0 Å². The van der Waals surface area contributed by atoms with Crippen molar-refractivity contribution in [3.63, 3.8) is 0 Å². The number of nitrogens with one attached hydrogen (secondary N) is 1. The molecule has 0 saturated carbocycles. The first-order valence-corrected chi connectivity index (χ1v) is 6.92. The Bertz CT molecular complexity index is 755. The summed E-state index contributed by atoms with van der Waals surface area (Å²) in [7, 11) is 0. The second kappa shape index (κ2) is 7.34. The standard InChI is InChI=1S/C13H14F3N5O4/c1-8(21-10(12(23)24)2-3-17-21)11(22)19-9-4-18-20(5-9)7-25-6-13(14,15)16/h2-5,8H,6-7H2,1H3,(H,19,22)(H,23,24). The summed E-state index contributed by atoms with van der Waals surface area (Å²) in [6.45, 7) is -0.401. The summed E-state index contributed by atoms with van der Waals surface area (Å²) in [5.41, 5.74) is 0.0652. The Morgan fingerprint density at radius 2 is 2.12 bits per heavy atom. The zero-order valence-electron chi connectivity index (χ0n) is 12.9.